The van der Waals surface area contributed by atoms with Crippen LogP contribution < -0.4 is 5.32 Å². The van der Waals surface area contributed by atoms with Gasteiger partial charge >= 0.3 is 0 Å². The molecule has 1 aromatic heterocycles. The van der Waals surface area contributed by atoms with Crippen LogP contribution in [0.5, 0.6) is 11.5 Å². The molecule has 2 aromatic carbocycles. The van der Waals surface area contributed by atoms with Gasteiger partial charge in [-0.15, -0.1) is 0 Å². The van der Waals surface area contributed by atoms with E-state index in [2.05, 4.69) is 10.3 Å². The summed E-state index contributed by atoms with van der Waals surface area (Å²) in [5, 5.41) is 21.6. The molecule has 0 aliphatic carbocycles. The minimum absolute atomic E-state index is 0.148. The molecule has 0 saturated carbocycles. The molecule has 0 aliphatic rings. The van der Waals surface area contributed by atoms with E-state index in [4.69, 9.17) is 4.42 Å². The van der Waals surface area contributed by atoms with Gasteiger partial charge < -0.3 is 19.9 Å². The molecular formula is C19H18N2O4. The highest BCUT2D eigenvalue weighted by Gasteiger charge is 2.09. The lowest BCUT2D eigenvalue weighted by molar-refractivity contribution is -0.117. The maximum absolute atomic E-state index is 12.0. The number of oxazole rings is 1. The van der Waals surface area contributed by atoms with Crippen LogP contribution >= 0.6 is 0 Å². The zero-order valence-corrected chi connectivity index (χ0v) is 13.6. The Kier molecular flexibility index (Phi) is 4.70. The number of hydrogen-bond donors (Lipinski definition) is 3. The molecule has 0 bridgehead atoms. The van der Waals surface area contributed by atoms with Gasteiger partial charge in [-0.1, -0.05) is 18.2 Å². The summed E-state index contributed by atoms with van der Waals surface area (Å²) < 4.78 is 5.51. The van der Waals surface area contributed by atoms with Crippen molar-refractivity contribution >= 4 is 23.1 Å². The number of fused-ring (bicyclic) bond motifs is 1. The van der Waals surface area contributed by atoms with E-state index in [1.165, 1.54) is 24.3 Å². The number of amides is 1. The normalized spacial score (nSPS) is 12.5. The Labute approximate surface area is 144 Å². The number of phenols is 2. The van der Waals surface area contributed by atoms with Gasteiger partial charge in [-0.2, -0.15) is 0 Å². The van der Waals surface area contributed by atoms with Crippen LogP contribution in [0.1, 0.15) is 18.4 Å². The van der Waals surface area contributed by atoms with Crippen molar-refractivity contribution < 1.29 is 19.4 Å². The van der Waals surface area contributed by atoms with Gasteiger partial charge in [0.15, 0.2) is 17.1 Å². The molecule has 25 heavy (non-hydrogen) atoms. The summed E-state index contributed by atoms with van der Waals surface area (Å²) >= 11 is 0. The zero-order valence-electron chi connectivity index (χ0n) is 13.6. The van der Waals surface area contributed by atoms with Crippen LogP contribution in [-0.4, -0.2) is 27.1 Å². The first-order valence-electron chi connectivity index (χ1n) is 7.86. The second kappa shape index (κ2) is 7.09. The van der Waals surface area contributed by atoms with E-state index in [1.807, 2.05) is 31.2 Å². The average Bonchev–Trinajstić information content (AvgIpc) is 2.99. The van der Waals surface area contributed by atoms with E-state index in [1.54, 1.807) is 6.07 Å². The maximum atomic E-state index is 12.0. The third-order valence-corrected chi connectivity index (χ3v) is 3.66. The number of nitrogens with zero attached hydrogens (tertiary/aromatic N) is 1. The molecule has 1 unspecified atom stereocenters. The molecule has 6 nitrogen and oxygen atoms in total. The van der Waals surface area contributed by atoms with Gasteiger partial charge in [-0.3, -0.25) is 4.79 Å². The molecule has 3 rings (SSSR count). The van der Waals surface area contributed by atoms with Crippen molar-refractivity contribution in [3.8, 4) is 11.5 Å². The first-order valence-corrected chi connectivity index (χ1v) is 7.86. The molecule has 6 heteroatoms. The zero-order chi connectivity index (χ0) is 17.8. The van der Waals surface area contributed by atoms with E-state index in [-0.39, 0.29) is 23.4 Å². The van der Waals surface area contributed by atoms with Gasteiger partial charge in [-0.05, 0) is 43.2 Å². The molecule has 3 aromatic rings. The molecule has 1 amide bonds. The lowest BCUT2D eigenvalue weighted by Gasteiger charge is -2.12. The molecule has 0 radical (unpaired) electrons. The number of carbonyl (C=O) groups is 1. The van der Waals surface area contributed by atoms with Crippen molar-refractivity contribution in [3.05, 3.63) is 60.0 Å². The predicted molar refractivity (Wildman–Crippen MR) is 94.1 cm³/mol. The van der Waals surface area contributed by atoms with Gasteiger partial charge in [0.25, 0.3) is 0 Å². The highest BCUT2D eigenvalue weighted by atomic mass is 16.3. The lowest BCUT2D eigenvalue weighted by atomic mass is 10.1. The van der Waals surface area contributed by atoms with E-state index < -0.39 is 0 Å². The minimum atomic E-state index is -0.266. The lowest BCUT2D eigenvalue weighted by Crippen LogP contribution is -2.32. The van der Waals surface area contributed by atoms with Crippen molar-refractivity contribution in [2.45, 2.75) is 19.4 Å². The number of hydrogen-bond acceptors (Lipinski definition) is 5. The largest absolute Gasteiger partial charge is 0.504 e. The SMILES string of the molecule is CC(Cc1ccc(O)c(O)c1)NC(=O)/C=C/c1nc2ccccc2o1. The van der Waals surface area contributed by atoms with E-state index >= 15 is 0 Å². The second-order valence-electron chi connectivity index (χ2n) is 5.79. The Balaban J connectivity index is 1.58. The van der Waals surface area contributed by atoms with Crippen LogP contribution in [0.4, 0.5) is 0 Å². The number of aromatic hydroxyl groups is 2. The fraction of sp³-hybridized carbons (Fsp3) is 0.158. The highest BCUT2D eigenvalue weighted by molar-refractivity contribution is 5.91. The number of phenolic OH excluding ortho intramolecular Hbond substituents is 2. The summed E-state index contributed by atoms with van der Waals surface area (Å²) in [5.74, 6) is -0.237. The molecule has 0 aliphatic heterocycles. The van der Waals surface area contributed by atoms with E-state index in [0.29, 0.717) is 17.9 Å². The van der Waals surface area contributed by atoms with Gasteiger partial charge in [-0.25, -0.2) is 4.98 Å². The van der Waals surface area contributed by atoms with Crippen LogP contribution in [0.15, 0.2) is 53.0 Å². The Morgan fingerprint density at radius 2 is 2.04 bits per heavy atom. The molecule has 0 spiro atoms. The summed E-state index contributed by atoms with van der Waals surface area (Å²) in [4.78, 5) is 16.3. The van der Waals surface area contributed by atoms with E-state index in [9.17, 15) is 15.0 Å². The van der Waals surface area contributed by atoms with Crippen molar-refractivity contribution in [1.29, 1.82) is 0 Å². The number of para-hydroxylation sites is 2. The van der Waals surface area contributed by atoms with Crippen molar-refractivity contribution in [2.75, 3.05) is 0 Å². The number of carbonyl (C=O) groups excluding carboxylic acids is 1. The van der Waals surface area contributed by atoms with Crippen LogP contribution in [0, 0.1) is 0 Å². The maximum Gasteiger partial charge on any atom is 0.244 e. The molecule has 1 heterocycles. The van der Waals surface area contributed by atoms with Crippen LogP contribution in [0.3, 0.4) is 0 Å². The smallest absolute Gasteiger partial charge is 0.244 e. The number of aromatic nitrogens is 1. The Bertz CT molecular complexity index is 897. The van der Waals surface area contributed by atoms with Crippen molar-refractivity contribution in [1.82, 2.24) is 10.3 Å². The monoisotopic (exact) mass is 338 g/mol. The minimum Gasteiger partial charge on any atom is -0.504 e. The fourth-order valence-electron chi connectivity index (χ4n) is 2.50. The summed E-state index contributed by atoms with van der Waals surface area (Å²) in [5.41, 5.74) is 2.22. The first-order chi connectivity index (χ1) is 12.0. The Hall–Kier alpha value is -3.28. The molecule has 0 saturated heterocycles. The third kappa shape index (κ3) is 4.17. The van der Waals surface area contributed by atoms with Gasteiger partial charge in [0.2, 0.25) is 11.8 Å². The van der Waals surface area contributed by atoms with Gasteiger partial charge in [0.1, 0.15) is 5.52 Å². The quantitative estimate of drug-likeness (QED) is 0.491. The topological polar surface area (TPSA) is 95.6 Å². The molecular weight excluding hydrogens is 320 g/mol. The summed E-state index contributed by atoms with van der Waals surface area (Å²) in [6.07, 6.45) is 3.42. The van der Waals surface area contributed by atoms with Crippen molar-refractivity contribution in [2.24, 2.45) is 0 Å². The van der Waals surface area contributed by atoms with Crippen molar-refractivity contribution in [3.63, 3.8) is 0 Å². The van der Waals surface area contributed by atoms with Crippen LogP contribution in [-0.2, 0) is 11.2 Å². The average molecular weight is 338 g/mol. The molecule has 128 valence electrons. The standard InChI is InChI=1S/C19H18N2O4/c1-12(10-13-6-7-15(22)16(23)11-13)20-18(24)8-9-19-21-14-4-2-3-5-17(14)25-19/h2-9,11-12,22-23H,10H2,1H3,(H,20,24)/b9-8+. The molecule has 1 atom stereocenters. The van der Waals surface area contributed by atoms with Crippen LogP contribution in [0.2, 0.25) is 0 Å². The summed E-state index contributed by atoms with van der Waals surface area (Å²) in [6.45, 7) is 1.86. The van der Waals surface area contributed by atoms with E-state index in [0.717, 1.165) is 11.1 Å². The fourth-order valence-corrected chi connectivity index (χ4v) is 2.50. The summed E-state index contributed by atoms with van der Waals surface area (Å²) in [7, 11) is 0. The third-order valence-electron chi connectivity index (χ3n) is 3.66. The number of benzene rings is 2. The second-order valence-corrected chi connectivity index (χ2v) is 5.79. The Morgan fingerprint density at radius 3 is 2.80 bits per heavy atom. The highest BCUT2D eigenvalue weighted by Crippen LogP contribution is 2.25. The number of rotatable bonds is 5. The van der Waals surface area contributed by atoms with Crippen LogP contribution in [0.25, 0.3) is 17.2 Å². The van der Waals surface area contributed by atoms with Gasteiger partial charge in [0.05, 0.1) is 0 Å². The Morgan fingerprint density at radius 1 is 1.24 bits per heavy atom. The summed E-state index contributed by atoms with van der Waals surface area (Å²) in [6, 6.07) is 11.8. The predicted octanol–water partition coefficient (Wildman–Crippen LogP) is 3.00. The number of nitrogens with one attached hydrogen (secondary N) is 1. The van der Waals surface area contributed by atoms with Gasteiger partial charge in [0, 0.05) is 18.2 Å². The first kappa shape index (κ1) is 16.6. The molecule has 0 fully saturated rings. The molecule has 3 N–H and O–H groups in total.